The number of aliphatic hydroxyl groups excluding tert-OH is 1. The van der Waals surface area contributed by atoms with Crippen LogP contribution in [0.2, 0.25) is 5.02 Å². The molecule has 0 aliphatic carbocycles. The van der Waals surface area contributed by atoms with Crippen molar-refractivity contribution in [3.8, 4) is 5.75 Å². The van der Waals surface area contributed by atoms with Gasteiger partial charge in [0.15, 0.2) is 0 Å². The molecule has 29 heavy (non-hydrogen) atoms. The Labute approximate surface area is 171 Å². The van der Waals surface area contributed by atoms with Gasteiger partial charge >= 0.3 is 0 Å². The number of nitrogens with zero attached hydrogens (tertiary/aromatic N) is 1. The van der Waals surface area contributed by atoms with Gasteiger partial charge in [-0.3, -0.25) is 14.5 Å². The van der Waals surface area contributed by atoms with Gasteiger partial charge in [0.2, 0.25) is 0 Å². The van der Waals surface area contributed by atoms with Crippen LogP contribution in [0.3, 0.4) is 0 Å². The average molecular weight is 410 g/mol. The summed E-state index contributed by atoms with van der Waals surface area (Å²) in [6.07, 6.45) is 1.45. The van der Waals surface area contributed by atoms with Crippen molar-refractivity contribution in [3.63, 3.8) is 0 Å². The Morgan fingerprint density at radius 3 is 2.52 bits per heavy atom. The number of methoxy groups -OCH3 is 1. The first-order valence-corrected chi connectivity index (χ1v) is 9.14. The van der Waals surface area contributed by atoms with Crippen LogP contribution < -0.4 is 9.64 Å². The van der Waals surface area contributed by atoms with E-state index >= 15 is 0 Å². The number of aliphatic hydroxyl groups is 1. The SMILES string of the molecule is COc1cc(/C(O)=C2/C(=O)C(=O)N(c3ccccc3)C2c2ccco2)ccc1Cl. The van der Waals surface area contributed by atoms with Crippen LogP contribution in [0.4, 0.5) is 5.69 Å². The third-order valence-electron chi connectivity index (χ3n) is 4.72. The first kappa shape index (κ1) is 18.8. The number of anilines is 1. The molecule has 0 radical (unpaired) electrons. The number of amides is 1. The highest BCUT2D eigenvalue weighted by Gasteiger charge is 2.48. The van der Waals surface area contributed by atoms with Gasteiger partial charge in [0.1, 0.15) is 23.3 Å². The van der Waals surface area contributed by atoms with Gasteiger partial charge in [-0.15, -0.1) is 0 Å². The molecule has 4 rings (SSSR count). The Balaban J connectivity index is 1.92. The Morgan fingerprint density at radius 1 is 1.10 bits per heavy atom. The highest BCUT2D eigenvalue weighted by Crippen LogP contribution is 2.42. The molecule has 2 aromatic carbocycles. The minimum absolute atomic E-state index is 0.0711. The molecule has 1 amide bonds. The molecule has 0 spiro atoms. The Hall–Kier alpha value is -3.51. The van der Waals surface area contributed by atoms with Crippen LogP contribution in [0.15, 0.2) is 76.9 Å². The molecule has 2 heterocycles. The molecule has 1 unspecified atom stereocenters. The Kier molecular flexibility index (Phi) is 4.86. The fraction of sp³-hybridized carbons (Fsp3) is 0.0909. The molecule has 1 saturated heterocycles. The zero-order chi connectivity index (χ0) is 20.5. The molecule has 1 N–H and O–H groups in total. The van der Waals surface area contributed by atoms with Crippen LogP contribution in [0.25, 0.3) is 5.76 Å². The highest BCUT2D eigenvalue weighted by molar-refractivity contribution is 6.51. The number of furan rings is 1. The molecule has 0 saturated carbocycles. The van der Waals surface area contributed by atoms with Gasteiger partial charge in [0.25, 0.3) is 11.7 Å². The summed E-state index contributed by atoms with van der Waals surface area (Å²) in [5, 5.41) is 11.4. The maximum absolute atomic E-state index is 12.9. The van der Waals surface area contributed by atoms with Gasteiger partial charge in [-0.05, 0) is 42.5 Å². The largest absolute Gasteiger partial charge is 0.507 e. The van der Waals surface area contributed by atoms with E-state index in [1.54, 1.807) is 48.5 Å². The molecule has 6 nitrogen and oxygen atoms in total. The molecule has 1 aliphatic rings. The number of halogens is 1. The zero-order valence-electron chi connectivity index (χ0n) is 15.3. The van der Waals surface area contributed by atoms with Crippen LogP contribution in [0.5, 0.6) is 5.75 Å². The number of Topliss-reactive ketones (excluding diaryl/α,β-unsaturated/α-hetero) is 1. The first-order valence-electron chi connectivity index (χ1n) is 8.76. The van der Waals surface area contributed by atoms with Crippen molar-refractivity contribution in [2.75, 3.05) is 12.0 Å². The van der Waals surface area contributed by atoms with Gasteiger partial charge in [0, 0.05) is 11.3 Å². The van der Waals surface area contributed by atoms with E-state index in [2.05, 4.69) is 0 Å². The van der Waals surface area contributed by atoms with E-state index in [-0.39, 0.29) is 11.3 Å². The summed E-state index contributed by atoms with van der Waals surface area (Å²) >= 11 is 6.06. The number of hydrogen-bond donors (Lipinski definition) is 1. The van der Waals surface area contributed by atoms with Crippen molar-refractivity contribution in [2.45, 2.75) is 6.04 Å². The maximum atomic E-state index is 12.9. The molecule has 3 aromatic rings. The van der Waals surface area contributed by atoms with Crippen molar-refractivity contribution >= 4 is 34.7 Å². The molecular formula is C22H16ClNO5. The van der Waals surface area contributed by atoms with Crippen LogP contribution >= 0.6 is 11.6 Å². The van der Waals surface area contributed by atoms with Gasteiger partial charge in [-0.1, -0.05) is 29.8 Å². The van der Waals surface area contributed by atoms with Crippen LogP contribution in [-0.2, 0) is 9.59 Å². The normalized spacial score (nSPS) is 18.3. The van der Waals surface area contributed by atoms with Crippen molar-refractivity contribution in [1.29, 1.82) is 0 Å². The van der Waals surface area contributed by atoms with Gasteiger partial charge < -0.3 is 14.3 Å². The number of ketones is 1. The van der Waals surface area contributed by atoms with E-state index in [1.807, 2.05) is 6.07 Å². The van der Waals surface area contributed by atoms with E-state index in [1.165, 1.54) is 24.3 Å². The van der Waals surface area contributed by atoms with E-state index in [9.17, 15) is 14.7 Å². The summed E-state index contributed by atoms with van der Waals surface area (Å²) in [6, 6.07) is 15.8. The second-order valence-electron chi connectivity index (χ2n) is 6.37. The van der Waals surface area contributed by atoms with Crippen LogP contribution in [0, 0.1) is 0 Å². The van der Waals surface area contributed by atoms with E-state index in [0.29, 0.717) is 27.8 Å². The zero-order valence-corrected chi connectivity index (χ0v) is 16.1. The lowest BCUT2D eigenvalue weighted by molar-refractivity contribution is -0.132. The lowest BCUT2D eigenvalue weighted by Gasteiger charge is -2.23. The molecular weight excluding hydrogens is 394 g/mol. The third kappa shape index (κ3) is 3.17. The fourth-order valence-electron chi connectivity index (χ4n) is 3.37. The Morgan fingerprint density at radius 2 is 1.86 bits per heavy atom. The number of hydrogen-bond acceptors (Lipinski definition) is 5. The van der Waals surface area contributed by atoms with Crippen molar-refractivity contribution in [1.82, 2.24) is 0 Å². The molecule has 1 atom stereocenters. The molecule has 146 valence electrons. The lowest BCUT2D eigenvalue weighted by Crippen LogP contribution is -2.29. The minimum atomic E-state index is -0.908. The predicted molar refractivity (Wildman–Crippen MR) is 108 cm³/mol. The summed E-state index contributed by atoms with van der Waals surface area (Å²) in [6.45, 7) is 0. The summed E-state index contributed by atoms with van der Waals surface area (Å²) in [5.41, 5.74) is 0.746. The number of ether oxygens (including phenoxy) is 1. The second-order valence-corrected chi connectivity index (χ2v) is 6.78. The quantitative estimate of drug-likeness (QED) is 0.388. The van der Waals surface area contributed by atoms with Crippen molar-refractivity contribution < 1.29 is 23.8 Å². The highest BCUT2D eigenvalue weighted by atomic mass is 35.5. The minimum Gasteiger partial charge on any atom is -0.507 e. The number of benzene rings is 2. The predicted octanol–water partition coefficient (Wildman–Crippen LogP) is 4.57. The molecule has 0 bridgehead atoms. The number of rotatable bonds is 4. The number of carbonyl (C=O) groups excluding carboxylic acids is 2. The molecule has 1 fully saturated rings. The standard InChI is InChI=1S/C22H16ClNO5/c1-28-17-12-13(9-10-15(17)23)20(25)18-19(16-8-5-11-29-16)24(22(27)21(18)26)14-6-3-2-4-7-14/h2-12,19,25H,1H3/b20-18-. The van der Waals surface area contributed by atoms with Crippen LogP contribution in [-0.4, -0.2) is 23.9 Å². The van der Waals surface area contributed by atoms with Gasteiger partial charge in [0.05, 0.1) is 24.0 Å². The maximum Gasteiger partial charge on any atom is 0.300 e. The summed E-state index contributed by atoms with van der Waals surface area (Å²) in [5.74, 6) is -1.20. The van der Waals surface area contributed by atoms with Crippen molar-refractivity contribution in [2.24, 2.45) is 0 Å². The molecule has 1 aromatic heterocycles. The lowest BCUT2D eigenvalue weighted by atomic mass is 9.99. The monoisotopic (exact) mass is 409 g/mol. The molecule has 7 heteroatoms. The average Bonchev–Trinajstić information content (AvgIpc) is 3.36. The van der Waals surface area contributed by atoms with Crippen molar-refractivity contribution in [3.05, 3.63) is 88.8 Å². The van der Waals surface area contributed by atoms with Crippen LogP contribution in [0.1, 0.15) is 17.4 Å². The smallest absolute Gasteiger partial charge is 0.300 e. The van der Waals surface area contributed by atoms with Gasteiger partial charge in [-0.25, -0.2) is 0 Å². The number of para-hydroxylation sites is 1. The van der Waals surface area contributed by atoms with E-state index in [0.717, 1.165) is 0 Å². The number of carbonyl (C=O) groups is 2. The van der Waals surface area contributed by atoms with E-state index < -0.39 is 17.7 Å². The fourth-order valence-corrected chi connectivity index (χ4v) is 3.56. The second kappa shape index (κ2) is 7.48. The summed E-state index contributed by atoms with van der Waals surface area (Å²) in [4.78, 5) is 27.1. The summed E-state index contributed by atoms with van der Waals surface area (Å²) < 4.78 is 10.7. The van der Waals surface area contributed by atoms with E-state index in [4.69, 9.17) is 20.8 Å². The first-order chi connectivity index (χ1) is 14.0. The summed E-state index contributed by atoms with van der Waals surface area (Å²) in [7, 11) is 1.45. The Bertz CT molecular complexity index is 1110. The third-order valence-corrected chi connectivity index (χ3v) is 5.03. The topological polar surface area (TPSA) is 80.0 Å². The van der Waals surface area contributed by atoms with Gasteiger partial charge in [-0.2, -0.15) is 0 Å². The molecule has 1 aliphatic heterocycles.